The molecule has 40 heavy (non-hydrogen) atoms. The predicted molar refractivity (Wildman–Crippen MR) is 137 cm³/mol. The van der Waals surface area contributed by atoms with E-state index in [1.165, 1.54) is 6.07 Å². The number of anilines is 2. The van der Waals surface area contributed by atoms with E-state index in [2.05, 4.69) is 14.7 Å². The summed E-state index contributed by atoms with van der Waals surface area (Å²) in [5.74, 6) is -4.47. The molecule has 1 fully saturated rings. The van der Waals surface area contributed by atoms with E-state index in [9.17, 15) is 35.8 Å². The monoisotopic (exact) mass is 592 g/mol. The van der Waals surface area contributed by atoms with E-state index in [1.807, 2.05) is 0 Å². The molecular formula is C25H29F5N4O5S. The molecule has 0 bridgehead atoms. The quantitative estimate of drug-likeness (QED) is 0.454. The number of aromatic nitrogens is 1. The highest BCUT2D eigenvalue weighted by Gasteiger charge is 2.63. The van der Waals surface area contributed by atoms with Gasteiger partial charge < -0.3 is 19.7 Å². The van der Waals surface area contributed by atoms with E-state index < -0.39 is 68.8 Å². The maximum Gasteiger partial charge on any atom is 0.442 e. The number of alkyl halides is 3. The molecule has 1 aliphatic heterocycles. The molecule has 0 spiro atoms. The number of halogens is 5. The molecule has 1 aliphatic rings. The Hall–Kier alpha value is -3.49. The van der Waals surface area contributed by atoms with Crippen LogP contribution in [0.5, 0.6) is 5.75 Å². The fourth-order valence-electron chi connectivity index (χ4n) is 4.27. The topological polar surface area (TPSA) is 110 Å². The van der Waals surface area contributed by atoms with Crippen molar-refractivity contribution in [1.82, 2.24) is 4.98 Å². The molecule has 2 heterocycles. The highest BCUT2D eigenvalue weighted by molar-refractivity contribution is 7.93. The summed E-state index contributed by atoms with van der Waals surface area (Å²) < 4.78 is 97.7. The number of nitrogens with one attached hydrogen (secondary N) is 1. The smallest absolute Gasteiger partial charge is 0.442 e. The lowest BCUT2D eigenvalue weighted by Gasteiger charge is -2.36. The normalized spacial score (nSPS) is 21.0. The maximum absolute atomic E-state index is 14.4. The number of carbonyl (C=O) groups excluding carboxylic acids is 2. The third-order valence-electron chi connectivity index (χ3n) is 6.26. The first-order valence-corrected chi connectivity index (χ1v) is 13.8. The molecule has 0 radical (unpaired) electrons. The number of carbonyl (C=O) groups is 2. The summed E-state index contributed by atoms with van der Waals surface area (Å²) in [6, 6.07) is 2.19. The van der Waals surface area contributed by atoms with Crippen LogP contribution in [0.2, 0.25) is 0 Å². The van der Waals surface area contributed by atoms with Gasteiger partial charge in [-0.2, -0.15) is 17.6 Å². The van der Waals surface area contributed by atoms with Gasteiger partial charge in [0.15, 0.2) is 11.6 Å². The van der Waals surface area contributed by atoms with Crippen LogP contribution in [0.15, 0.2) is 39.9 Å². The number of amides is 2. The Morgan fingerprint density at radius 2 is 1.85 bits per heavy atom. The second kappa shape index (κ2) is 10.8. The molecule has 9 nitrogen and oxygen atoms in total. The summed E-state index contributed by atoms with van der Waals surface area (Å²) in [7, 11) is -2.45. The lowest BCUT2D eigenvalue weighted by molar-refractivity contribution is -0.218. The average Bonchev–Trinajstić information content (AvgIpc) is 3.17. The zero-order valence-corrected chi connectivity index (χ0v) is 23.4. The minimum absolute atomic E-state index is 0.0856. The molecule has 1 saturated heterocycles. The van der Waals surface area contributed by atoms with Crippen LogP contribution in [0, 0.1) is 17.0 Å². The maximum atomic E-state index is 14.4. The third-order valence-corrected chi connectivity index (χ3v) is 7.76. The summed E-state index contributed by atoms with van der Waals surface area (Å²) in [6.07, 6.45) is -4.26. The second-order valence-corrected chi connectivity index (χ2v) is 12.6. The van der Waals surface area contributed by atoms with Crippen LogP contribution in [0.4, 0.5) is 38.1 Å². The average molecular weight is 593 g/mol. The highest BCUT2D eigenvalue weighted by Crippen LogP contribution is 2.52. The van der Waals surface area contributed by atoms with Gasteiger partial charge in [-0.1, -0.05) is 0 Å². The fourth-order valence-corrected chi connectivity index (χ4v) is 5.28. The number of nitrogens with zero attached hydrogens (tertiary/aromatic N) is 3. The first kappa shape index (κ1) is 31.0. The van der Waals surface area contributed by atoms with Crippen LogP contribution in [0.3, 0.4) is 0 Å². The summed E-state index contributed by atoms with van der Waals surface area (Å²) >= 11 is 0. The van der Waals surface area contributed by atoms with Crippen molar-refractivity contribution >= 4 is 33.1 Å². The lowest BCUT2D eigenvalue weighted by Crippen LogP contribution is -2.53. The number of ether oxygens (including phenoxy) is 2. The molecule has 1 aromatic carbocycles. The Bertz CT molecular complexity index is 1440. The van der Waals surface area contributed by atoms with E-state index in [0.29, 0.717) is 0 Å². The minimum Gasteiger partial charge on any atom is -0.491 e. The van der Waals surface area contributed by atoms with Crippen LogP contribution in [0.25, 0.3) is 0 Å². The molecular weight excluding hydrogens is 563 g/mol. The summed E-state index contributed by atoms with van der Waals surface area (Å²) in [5, 5.41) is 2.13. The molecule has 2 amide bonds. The van der Waals surface area contributed by atoms with E-state index in [0.717, 1.165) is 49.6 Å². The van der Waals surface area contributed by atoms with Crippen molar-refractivity contribution in [2.75, 3.05) is 30.1 Å². The van der Waals surface area contributed by atoms with Crippen molar-refractivity contribution in [3.8, 4) is 5.75 Å². The zero-order valence-electron chi connectivity index (χ0n) is 22.6. The van der Waals surface area contributed by atoms with Gasteiger partial charge in [-0.15, -0.1) is 4.36 Å². The number of pyridine rings is 1. The number of hydrogen-bond donors (Lipinski definition) is 1. The number of rotatable bonds is 5. The highest BCUT2D eigenvalue weighted by atomic mass is 32.2. The van der Waals surface area contributed by atoms with Crippen molar-refractivity contribution in [3.63, 3.8) is 0 Å². The van der Waals surface area contributed by atoms with Crippen molar-refractivity contribution in [3.05, 3.63) is 42.1 Å². The number of methoxy groups -OCH3 is 1. The van der Waals surface area contributed by atoms with Gasteiger partial charge in [0.1, 0.15) is 26.4 Å². The van der Waals surface area contributed by atoms with E-state index in [4.69, 9.17) is 9.47 Å². The summed E-state index contributed by atoms with van der Waals surface area (Å²) in [4.78, 5) is 30.5. The van der Waals surface area contributed by atoms with Crippen LogP contribution in [-0.4, -0.2) is 58.9 Å². The standard InChI is InChI=1S/C25H29F5N4O5S/c1-23(2,3)39-22(36)33-40(6,37)17-13-14(9-11-31-17)32-21(35)20-24(4,25(28,29)30)10-12-34(20)16-8-7-15(26)18(27)19(16)38-5/h7-9,11,13,20H,10,12H2,1-6H3,(H,31,32,35)/t20?,24?,40-/m1/s1. The molecule has 2 aromatic rings. The molecule has 0 saturated carbocycles. The van der Waals surface area contributed by atoms with Crippen molar-refractivity contribution in [2.24, 2.45) is 9.78 Å². The van der Waals surface area contributed by atoms with Crippen molar-refractivity contribution in [2.45, 2.75) is 57.0 Å². The fraction of sp³-hybridized carbons (Fsp3) is 0.480. The molecule has 2 unspecified atom stereocenters. The Morgan fingerprint density at radius 3 is 2.42 bits per heavy atom. The van der Waals surface area contributed by atoms with Gasteiger partial charge in [0.25, 0.3) is 0 Å². The SMILES string of the molecule is COc1c(N2CCC(C)(C(F)(F)F)C2C(=O)Nc2ccnc([S@@](C)(=O)=NC(=O)OC(C)(C)C)c2)ccc(F)c1F. The van der Waals surface area contributed by atoms with Gasteiger partial charge in [0, 0.05) is 24.7 Å². The first-order chi connectivity index (χ1) is 18.3. The van der Waals surface area contributed by atoms with Gasteiger partial charge in [0.05, 0.1) is 18.2 Å². The van der Waals surface area contributed by atoms with E-state index in [-0.39, 0.29) is 22.9 Å². The zero-order chi connectivity index (χ0) is 30.3. The van der Waals surface area contributed by atoms with Gasteiger partial charge >= 0.3 is 12.3 Å². The van der Waals surface area contributed by atoms with Crippen molar-refractivity contribution < 1.29 is 45.2 Å². The molecule has 15 heteroatoms. The molecule has 3 rings (SSSR count). The van der Waals surface area contributed by atoms with Crippen molar-refractivity contribution in [1.29, 1.82) is 0 Å². The largest absolute Gasteiger partial charge is 0.491 e. The lowest BCUT2D eigenvalue weighted by atomic mass is 9.81. The Kier molecular flexibility index (Phi) is 8.40. The van der Waals surface area contributed by atoms with E-state index in [1.54, 1.807) is 20.8 Å². The summed E-state index contributed by atoms with van der Waals surface area (Å²) in [5.41, 5.74) is -3.82. The Labute approximate surface area is 228 Å². The van der Waals surface area contributed by atoms with Crippen LogP contribution < -0.4 is 15.0 Å². The Morgan fingerprint density at radius 1 is 1.20 bits per heavy atom. The van der Waals surface area contributed by atoms with Crippen LogP contribution in [0.1, 0.15) is 34.1 Å². The van der Waals surface area contributed by atoms with Crippen LogP contribution in [-0.2, 0) is 19.3 Å². The van der Waals surface area contributed by atoms with Crippen LogP contribution >= 0.6 is 0 Å². The number of benzene rings is 1. The third kappa shape index (κ3) is 6.29. The molecule has 3 atom stereocenters. The van der Waals surface area contributed by atoms with Gasteiger partial charge in [-0.25, -0.2) is 18.4 Å². The Balaban J connectivity index is 2.01. The molecule has 1 aromatic heterocycles. The molecule has 1 N–H and O–H groups in total. The molecule has 0 aliphatic carbocycles. The van der Waals surface area contributed by atoms with Gasteiger partial charge in [-0.3, -0.25) is 4.79 Å². The second-order valence-electron chi connectivity index (χ2n) is 10.4. The minimum atomic E-state index is -4.86. The first-order valence-electron chi connectivity index (χ1n) is 11.9. The summed E-state index contributed by atoms with van der Waals surface area (Å²) in [6.45, 7) is 5.30. The molecule has 220 valence electrons. The van der Waals surface area contributed by atoms with Gasteiger partial charge in [-0.05, 0) is 58.4 Å². The number of hydrogen-bond acceptors (Lipinski definition) is 7. The van der Waals surface area contributed by atoms with Gasteiger partial charge in [0.2, 0.25) is 11.7 Å². The van der Waals surface area contributed by atoms with E-state index >= 15 is 0 Å². The predicted octanol–water partition coefficient (Wildman–Crippen LogP) is 5.55.